The lowest BCUT2D eigenvalue weighted by atomic mass is 10.2. The van der Waals surface area contributed by atoms with Gasteiger partial charge in [-0.3, -0.25) is 4.79 Å². The first-order valence-corrected chi connectivity index (χ1v) is 7.67. The zero-order valence-corrected chi connectivity index (χ0v) is 13.5. The second-order valence-corrected chi connectivity index (χ2v) is 5.71. The lowest BCUT2D eigenvalue weighted by molar-refractivity contribution is -0.121. The van der Waals surface area contributed by atoms with Crippen molar-refractivity contribution in [2.75, 3.05) is 7.11 Å². The second-order valence-electron chi connectivity index (χ2n) is 5.27. The quantitative estimate of drug-likeness (QED) is 0.777. The molecule has 23 heavy (non-hydrogen) atoms. The van der Waals surface area contributed by atoms with Crippen LogP contribution in [0.25, 0.3) is 10.9 Å². The molecule has 0 saturated carbocycles. The molecule has 1 amide bonds. The topological polar surface area (TPSA) is 43.3 Å². The number of methoxy groups -OCH3 is 1. The number of nitrogens with zero attached hydrogens (tertiary/aromatic N) is 1. The minimum atomic E-state index is -0.0340. The Balaban J connectivity index is 1.62. The highest BCUT2D eigenvalue weighted by atomic mass is 35.5. The molecule has 5 heteroatoms. The Morgan fingerprint density at radius 3 is 2.70 bits per heavy atom. The van der Waals surface area contributed by atoms with Crippen molar-refractivity contribution in [1.29, 1.82) is 0 Å². The molecule has 0 radical (unpaired) electrons. The zero-order chi connectivity index (χ0) is 16.2. The van der Waals surface area contributed by atoms with E-state index in [1.807, 2.05) is 59.3 Å². The van der Waals surface area contributed by atoms with E-state index in [1.165, 1.54) is 0 Å². The molecule has 0 aliphatic heterocycles. The van der Waals surface area contributed by atoms with Crippen LogP contribution in [-0.2, 0) is 17.9 Å². The molecule has 1 N–H and O–H groups in total. The number of ether oxygens (including phenoxy) is 1. The molecule has 0 saturated heterocycles. The molecule has 0 fully saturated rings. The normalized spacial score (nSPS) is 10.7. The number of halogens is 1. The Hall–Kier alpha value is -2.46. The van der Waals surface area contributed by atoms with Gasteiger partial charge < -0.3 is 14.6 Å². The van der Waals surface area contributed by atoms with E-state index in [1.54, 1.807) is 7.11 Å². The maximum absolute atomic E-state index is 12.1. The number of benzene rings is 2. The van der Waals surface area contributed by atoms with Crippen molar-refractivity contribution < 1.29 is 9.53 Å². The van der Waals surface area contributed by atoms with E-state index < -0.39 is 0 Å². The fraction of sp³-hybridized carbons (Fsp3) is 0.167. The monoisotopic (exact) mass is 328 g/mol. The summed E-state index contributed by atoms with van der Waals surface area (Å²) < 4.78 is 7.03. The van der Waals surface area contributed by atoms with Crippen LogP contribution in [0.5, 0.6) is 5.75 Å². The highest BCUT2D eigenvalue weighted by Gasteiger charge is 2.06. The first-order valence-electron chi connectivity index (χ1n) is 7.30. The third-order valence-corrected chi connectivity index (χ3v) is 3.93. The molecule has 4 nitrogen and oxygen atoms in total. The Kier molecular flexibility index (Phi) is 4.53. The lowest BCUT2D eigenvalue weighted by Crippen LogP contribution is -2.26. The van der Waals surface area contributed by atoms with Gasteiger partial charge in [0, 0.05) is 28.7 Å². The van der Waals surface area contributed by atoms with Crippen LogP contribution < -0.4 is 10.1 Å². The average Bonchev–Trinajstić information content (AvgIpc) is 2.95. The van der Waals surface area contributed by atoms with Gasteiger partial charge in [0.15, 0.2) is 0 Å². The highest BCUT2D eigenvalue weighted by molar-refractivity contribution is 6.31. The fourth-order valence-electron chi connectivity index (χ4n) is 2.46. The van der Waals surface area contributed by atoms with Crippen LogP contribution in [0.2, 0.25) is 5.02 Å². The zero-order valence-electron chi connectivity index (χ0n) is 12.8. The number of hydrogen-bond donors (Lipinski definition) is 1. The Morgan fingerprint density at radius 1 is 1.17 bits per heavy atom. The van der Waals surface area contributed by atoms with Crippen LogP contribution in [0, 0.1) is 0 Å². The van der Waals surface area contributed by atoms with Gasteiger partial charge in [-0.2, -0.15) is 0 Å². The molecule has 0 spiro atoms. The summed E-state index contributed by atoms with van der Waals surface area (Å²) in [4.78, 5) is 12.1. The van der Waals surface area contributed by atoms with Crippen LogP contribution in [0.15, 0.2) is 54.7 Å². The van der Waals surface area contributed by atoms with Crippen molar-refractivity contribution in [3.05, 3.63) is 65.3 Å². The average molecular weight is 329 g/mol. The molecule has 0 bridgehead atoms. The molecule has 0 aliphatic carbocycles. The van der Waals surface area contributed by atoms with Crippen LogP contribution >= 0.6 is 11.6 Å². The van der Waals surface area contributed by atoms with Gasteiger partial charge in [0.2, 0.25) is 5.91 Å². The van der Waals surface area contributed by atoms with E-state index in [0.29, 0.717) is 11.6 Å². The summed E-state index contributed by atoms with van der Waals surface area (Å²) in [5, 5.41) is 4.65. The minimum Gasteiger partial charge on any atom is -0.497 e. The molecule has 1 aromatic heterocycles. The van der Waals surface area contributed by atoms with Crippen LogP contribution in [0.3, 0.4) is 0 Å². The van der Waals surface area contributed by atoms with Gasteiger partial charge in [-0.1, -0.05) is 23.7 Å². The number of carbonyl (C=O) groups is 1. The van der Waals surface area contributed by atoms with Crippen molar-refractivity contribution in [3.8, 4) is 5.75 Å². The van der Waals surface area contributed by atoms with Gasteiger partial charge in [-0.05, 0) is 42.0 Å². The first kappa shape index (κ1) is 15.4. The number of nitrogens with one attached hydrogen (secondary N) is 1. The summed E-state index contributed by atoms with van der Waals surface area (Å²) in [5.41, 5.74) is 2.03. The molecule has 0 atom stereocenters. The maximum atomic E-state index is 12.1. The van der Waals surface area contributed by atoms with Crippen molar-refractivity contribution in [3.63, 3.8) is 0 Å². The Labute approximate surface area is 139 Å². The van der Waals surface area contributed by atoms with E-state index in [-0.39, 0.29) is 12.5 Å². The van der Waals surface area contributed by atoms with Gasteiger partial charge >= 0.3 is 0 Å². The summed E-state index contributed by atoms with van der Waals surface area (Å²) in [6.07, 6.45) is 1.90. The van der Waals surface area contributed by atoms with Crippen molar-refractivity contribution in [1.82, 2.24) is 9.88 Å². The summed E-state index contributed by atoms with van der Waals surface area (Å²) in [6.45, 7) is 0.773. The molecular formula is C18H17ClN2O2. The number of rotatable bonds is 5. The van der Waals surface area contributed by atoms with Gasteiger partial charge in [0.1, 0.15) is 12.3 Å². The van der Waals surface area contributed by atoms with Gasteiger partial charge in [-0.15, -0.1) is 0 Å². The Bertz CT molecular complexity index is 825. The lowest BCUT2D eigenvalue weighted by Gasteiger charge is -2.08. The summed E-state index contributed by atoms with van der Waals surface area (Å²) in [6, 6.07) is 15.2. The molecular weight excluding hydrogens is 312 g/mol. The van der Waals surface area contributed by atoms with E-state index in [9.17, 15) is 4.79 Å². The van der Waals surface area contributed by atoms with E-state index in [2.05, 4.69) is 5.32 Å². The molecule has 0 unspecified atom stereocenters. The molecule has 1 heterocycles. The van der Waals surface area contributed by atoms with Crippen LogP contribution in [-0.4, -0.2) is 17.6 Å². The molecule has 2 aromatic carbocycles. The first-order chi connectivity index (χ1) is 11.2. The largest absolute Gasteiger partial charge is 0.497 e. The third kappa shape index (κ3) is 3.66. The third-order valence-electron chi connectivity index (χ3n) is 3.70. The summed E-state index contributed by atoms with van der Waals surface area (Å²) >= 11 is 5.98. The van der Waals surface area contributed by atoms with E-state index in [0.717, 1.165) is 22.2 Å². The number of fused-ring (bicyclic) bond motifs is 1. The van der Waals surface area contributed by atoms with Gasteiger partial charge in [-0.25, -0.2) is 0 Å². The van der Waals surface area contributed by atoms with E-state index >= 15 is 0 Å². The predicted octanol–water partition coefficient (Wildman–Crippen LogP) is 3.62. The second kappa shape index (κ2) is 6.75. The number of carbonyl (C=O) groups excluding carboxylic acids is 1. The maximum Gasteiger partial charge on any atom is 0.240 e. The van der Waals surface area contributed by atoms with Crippen molar-refractivity contribution in [2.45, 2.75) is 13.1 Å². The molecule has 0 aliphatic rings. The van der Waals surface area contributed by atoms with Crippen LogP contribution in [0.4, 0.5) is 0 Å². The number of hydrogen-bond acceptors (Lipinski definition) is 2. The fourth-order valence-corrected chi connectivity index (χ4v) is 2.64. The van der Waals surface area contributed by atoms with Crippen molar-refractivity contribution >= 4 is 28.4 Å². The smallest absolute Gasteiger partial charge is 0.240 e. The predicted molar refractivity (Wildman–Crippen MR) is 91.8 cm³/mol. The SMILES string of the molecule is COc1ccc(CNC(=O)Cn2ccc3cc(Cl)ccc32)cc1. The molecule has 3 rings (SSSR count). The minimum absolute atomic E-state index is 0.0340. The summed E-state index contributed by atoms with van der Waals surface area (Å²) in [5.74, 6) is 0.769. The summed E-state index contributed by atoms with van der Waals surface area (Å²) in [7, 11) is 1.63. The van der Waals surface area contributed by atoms with Gasteiger partial charge in [0.05, 0.1) is 7.11 Å². The van der Waals surface area contributed by atoms with Crippen molar-refractivity contribution in [2.24, 2.45) is 0 Å². The number of aromatic nitrogens is 1. The van der Waals surface area contributed by atoms with Gasteiger partial charge in [0.25, 0.3) is 0 Å². The van der Waals surface area contributed by atoms with Crippen LogP contribution in [0.1, 0.15) is 5.56 Å². The number of amides is 1. The Morgan fingerprint density at radius 2 is 1.96 bits per heavy atom. The molecule has 118 valence electrons. The molecule has 3 aromatic rings. The highest BCUT2D eigenvalue weighted by Crippen LogP contribution is 2.20. The standard InChI is InChI=1S/C18H17ClN2O2/c1-23-16-5-2-13(3-6-16)11-20-18(22)12-21-9-8-14-10-15(19)4-7-17(14)21/h2-10H,11-12H2,1H3,(H,20,22). The van der Waals surface area contributed by atoms with E-state index in [4.69, 9.17) is 16.3 Å².